The maximum absolute atomic E-state index is 4.31. The highest BCUT2D eigenvalue weighted by Gasteiger charge is 2.08. The van der Waals surface area contributed by atoms with Crippen LogP contribution in [0.1, 0.15) is 17.0 Å². The van der Waals surface area contributed by atoms with Crippen LogP contribution in [0.2, 0.25) is 0 Å². The number of rotatable bonds is 6. The lowest BCUT2D eigenvalue weighted by molar-refractivity contribution is 0.750. The Labute approximate surface area is 169 Å². The number of nitrogens with one attached hydrogen (secondary N) is 3. The first kappa shape index (κ1) is 18.7. The molecule has 0 aliphatic heterocycles. The van der Waals surface area contributed by atoms with Gasteiger partial charge in [-0.1, -0.05) is 30.3 Å². The fourth-order valence-corrected chi connectivity index (χ4v) is 3.39. The van der Waals surface area contributed by atoms with E-state index >= 15 is 0 Å². The molecule has 0 spiro atoms. The molecule has 0 unspecified atom stereocenters. The van der Waals surface area contributed by atoms with Crippen molar-refractivity contribution >= 4 is 16.9 Å². The van der Waals surface area contributed by atoms with Crippen LogP contribution in [-0.2, 0) is 13.0 Å². The van der Waals surface area contributed by atoms with Crippen LogP contribution in [0.3, 0.4) is 0 Å². The van der Waals surface area contributed by atoms with E-state index in [0.29, 0.717) is 6.54 Å². The summed E-state index contributed by atoms with van der Waals surface area (Å²) >= 11 is 0. The molecule has 7 heteroatoms. The van der Waals surface area contributed by atoms with Gasteiger partial charge in [0, 0.05) is 36.4 Å². The van der Waals surface area contributed by atoms with E-state index in [1.54, 1.807) is 13.4 Å². The smallest absolute Gasteiger partial charge is 0.191 e. The van der Waals surface area contributed by atoms with Crippen LogP contribution >= 0.6 is 0 Å². The van der Waals surface area contributed by atoms with Gasteiger partial charge in [-0.05, 0) is 42.7 Å². The third kappa shape index (κ3) is 4.29. The Morgan fingerprint density at radius 2 is 2.00 bits per heavy atom. The van der Waals surface area contributed by atoms with Crippen LogP contribution < -0.4 is 10.6 Å². The summed E-state index contributed by atoms with van der Waals surface area (Å²) in [6.45, 7) is 3.42. The van der Waals surface area contributed by atoms with E-state index in [9.17, 15) is 0 Å². The predicted molar refractivity (Wildman–Crippen MR) is 116 cm³/mol. The number of aromatic amines is 1. The van der Waals surface area contributed by atoms with Crippen LogP contribution in [0.4, 0.5) is 0 Å². The number of fused-ring (bicyclic) bond motifs is 1. The van der Waals surface area contributed by atoms with Crippen LogP contribution in [0, 0.1) is 6.92 Å². The number of aryl methyl sites for hydroxylation is 1. The number of para-hydroxylation sites is 1. The Balaban J connectivity index is 1.33. The summed E-state index contributed by atoms with van der Waals surface area (Å²) in [6.07, 6.45) is 4.72. The standard InChI is InChI=1S/C22H25N7/c1-16-8-9-19-17(13-25-20(19)12-16)10-11-24-22(23-2)26-14-21-28-27-15-29(21)18-6-4-3-5-7-18/h3-9,12-13,15,25H,10-11,14H2,1-2H3,(H2,23,24,26). The van der Waals surface area contributed by atoms with E-state index in [2.05, 4.69) is 62.1 Å². The Hall–Kier alpha value is -3.61. The third-order valence-corrected chi connectivity index (χ3v) is 4.90. The Morgan fingerprint density at radius 1 is 1.14 bits per heavy atom. The van der Waals surface area contributed by atoms with E-state index in [-0.39, 0.29) is 0 Å². The topological polar surface area (TPSA) is 82.9 Å². The van der Waals surface area contributed by atoms with E-state index in [1.165, 1.54) is 22.0 Å². The lowest BCUT2D eigenvalue weighted by Gasteiger charge is -2.12. The summed E-state index contributed by atoms with van der Waals surface area (Å²) in [4.78, 5) is 7.67. The van der Waals surface area contributed by atoms with Gasteiger partial charge in [-0.25, -0.2) is 0 Å². The summed E-state index contributed by atoms with van der Waals surface area (Å²) in [5.74, 6) is 1.56. The first-order valence-corrected chi connectivity index (χ1v) is 9.70. The molecular formula is C22H25N7. The number of H-pyrrole nitrogens is 1. The van der Waals surface area contributed by atoms with E-state index in [4.69, 9.17) is 0 Å². The fourth-order valence-electron chi connectivity index (χ4n) is 3.39. The molecule has 0 bridgehead atoms. The number of hydrogen-bond donors (Lipinski definition) is 3. The third-order valence-electron chi connectivity index (χ3n) is 4.90. The Kier molecular flexibility index (Phi) is 5.56. The highest BCUT2D eigenvalue weighted by molar-refractivity contribution is 5.84. The van der Waals surface area contributed by atoms with Crippen molar-refractivity contribution in [2.45, 2.75) is 19.9 Å². The molecule has 2 aromatic carbocycles. The second-order valence-corrected chi connectivity index (χ2v) is 6.92. The molecule has 148 valence electrons. The molecule has 0 atom stereocenters. The molecule has 7 nitrogen and oxygen atoms in total. The second-order valence-electron chi connectivity index (χ2n) is 6.92. The predicted octanol–water partition coefficient (Wildman–Crippen LogP) is 2.96. The van der Waals surface area contributed by atoms with Gasteiger partial charge in [-0.3, -0.25) is 9.56 Å². The number of benzene rings is 2. The number of aliphatic imine (C=N–C) groups is 1. The fraction of sp³-hybridized carbons (Fsp3) is 0.227. The number of hydrogen-bond acceptors (Lipinski definition) is 3. The van der Waals surface area contributed by atoms with Crippen molar-refractivity contribution in [2.75, 3.05) is 13.6 Å². The molecule has 0 amide bonds. The molecule has 2 aromatic heterocycles. The molecular weight excluding hydrogens is 362 g/mol. The lowest BCUT2D eigenvalue weighted by atomic mass is 10.1. The van der Waals surface area contributed by atoms with Crippen molar-refractivity contribution in [1.82, 2.24) is 30.4 Å². The van der Waals surface area contributed by atoms with Gasteiger partial charge in [0.15, 0.2) is 11.8 Å². The Morgan fingerprint density at radius 3 is 2.83 bits per heavy atom. The van der Waals surface area contributed by atoms with E-state index < -0.39 is 0 Å². The highest BCUT2D eigenvalue weighted by Crippen LogP contribution is 2.19. The van der Waals surface area contributed by atoms with Gasteiger partial charge in [-0.15, -0.1) is 10.2 Å². The quantitative estimate of drug-likeness (QED) is 0.351. The van der Waals surface area contributed by atoms with Gasteiger partial charge < -0.3 is 15.6 Å². The average Bonchev–Trinajstić information content (AvgIpc) is 3.38. The molecule has 2 heterocycles. The molecule has 4 aromatic rings. The molecule has 0 aliphatic carbocycles. The summed E-state index contributed by atoms with van der Waals surface area (Å²) in [7, 11) is 1.77. The molecule has 0 radical (unpaired) electrons. The summed E-state index contributed by atoms with van der Waals surface area (Å²) in [6, 6.07) is 16.6. The van der Waals surface area contributed by atoms with E-state index in [0.717, 1.165) is 30.4 Å². The van der Waals surface area contributed by atoms with Gasteiger partial charge in [0.05, 0.1) is 6.54 Å². The maximum atomic E-state index is 4.31. The molecule has 0 fully saturated rings. The van der Waals surface area contributed by atoms with Crippen LogP contribution in [0.5, 0.6) is 0 Å². The number of guanidine groups is 1. The minimum Gasteiger partial charge on any atom is -0.361 e. The van der Waals surface area contributed by atoms with Crippen molar-refractivity contribution in [3.05, 3.63) is 78.0 Å². The molecule has 29 heavy (non-hydrogen) atoms. The lowest BCUT2D eigenvalue weighted by Crippen LogP contribution is -2.38. The summed E-state index contributed by atoms with van der Waals surface area (Å²) in [5, 5.41) is 16.2. The maximum Gasteiger partial charge on any atom is 0.191 e. The van der Waals surface area contributed by atoms with Crippen LogP contribution in [0.25, 0.3) is 16.6 Å². The second kappa shape index (κ2) is 8.60. The van der Waals surface area contributed by atoms with Crippen LogP contribution in [0.15, 0.2) is 66.0 Å². The minimum absolute atomic E-state index is 0.529. The first-order chi connectivity index (χ1) is 14.2. The van der Waals surface area contributed by atoms with Crippen molar-refractivity contribution in [1.29, 1.82) is 0 Å². The number of aromatic nitrogens is 4. The van der Waals surface area contributed by atoms with Gasteiger partial charge in [0.25, 0.3) is 0 Å². The largest absolute Gasteiger partial charge is 0.361 e. The Bertz CT molecular complexity index is 1110. The van der Waals surface area contributed by atoms with Gasteiger partial charge in [-0.2, -0.15) is 0 Å². The average molecular weight is 387 g/mol. The first-order valence-electron chi connectivity index (χ1n) is 9.70. The zero-order valence-electron chi connectivity index (χ0n) is 16.7. The summed E-state index contributed by atoms with van der Waals surface area (Å²) < 4.78 is 1.97. The van der Waals surface area contributed by atoms with Crippen molar-refractivity contribution in [3.63, 3.8) is 0 Å². The molecule has 0 saturated heterocycles. The van der Waals surface area contributed by atoms with E-state index in [1.807, 2.05) is 34.9 Å². The normalized spacial score (nSPS) is 11.7. The molecule has 0 saturated carbocycles. The summed E-state index contributed by atoms with van der Waals surface area (Å²) in [5.41, 5.74) is 4.78. The monoisotopic (exact) mass is 387 g/mol. The number of nitrogens with zero attached hydrogens (tertiary/aromatic N) is 4. The minimum atomic E-state index is 0.529. The molecule has 3 N–H and O–H groups in total. The van der Waals surface area contributed by atoms with Crippen molar-refractivity contribution in [3.8, 4) is 5.69 Å². The zero-order chi connectivity index (χ0) is 20.1. The van der Waals surface area contributed by atoms with Gasteiger partial charge in [0.1, 0.15) is 6.33 Å². The van der Waals surface area contributed by atoms with Crippen molar-refractivity contribution < 1.29 is 0 Å². The SMILES string of the molecule is CN=C(NCCc1c[nH]c2cc(C)ccc12)NCc1nncn1-c1ccccc1. The van der Waals surface area contributed by atoms with Crippen molar-refractivity contribution in [2.24, 2.45) is 4.99 Å². The zero-order valence-corrected chi connectivity index (χ0v) is 16.7. The molecule has 4 rings (SSSR count). The highest BCUT2D eigenvalue weighted by atomic mass is 15.3. The molecule has 0 aliphatic rings. The van der Waals surface area contributed by atoms with Crippen LogP contribution in [-0.4, -0.2) is 39.3 Å². The van der Waals surface area contributed by atoms with Gasteiger partial charge >= 0.3 is 0 Å². The van der Waals surface area contributed by atoms with Gasteiger partial charge in [0.2, 0.25) is 0 Å².